The molecule has 0 N–H and O–H groups in total. The molecule has 1 radical (unpaired) electrons. The van der Waals surface area contributed by atoms with Crippen molar-refractivity contribution >= 4 is 35.2 Å². The number of furan rings is 1. The van der Waals surface area contributed by atoms with Gasteiger partial charge in [-0.1, -0.05) is 85.6 Å². The minimum atomic E-state index is -2.22. The van der Waals surface area contributed by atoms with E-state index < -0.39 is 21.8 Å². The van der Waals surface area contributed by atoms with Gasteiger partial charge in [-0.05, 0) is 84.0 Å². The van der Waals surface area contributed by atoms with Crippen LogP contribution in [-0.4, -0.2) is 18.0 Å². The van der Waals surface area contributed by atoms with Crippen molar-refractivity contribution in [1.82, 2.24) is 9.97 Å². The van der Waals surface area contributed by atoms with Crippen LogP contribution in [0.1, 0.15) is 36.0 Å². The fourth-order valence-corrected chi connectivity index (χ4v) is 7.40. The van der Waals surface area contributed by atoms with Crippen LogP contribution in [0.25, 0.3) is 55.6 Å². The molecule has 0 atom stereocenters. The van der Waals surface area contributed by atoms with E-state index in [0.717, 1.165) is 16.1 Å². The van der Waals surface area contributed by atoms with Gasteiger partial charge in [-0.15, -0.1) is 47.5 Å². The van der Waals surface area contributed by atoms with Gasteiger partial charge in [-0.25, -0.2) is 0 Å². The average molecular weight is 833 g/mol. The molecule has 3 nitrogen and oxygen atoms in total. The van der Waals surface area contributed by atoms with E-state index >= 15 is 0 Å². The monoisotopic (exact) mass is 833 g/mol. The van der Waals surface area contributed by atoms with Gasteiger partial charge in [0.15, 0.2) is 0 Å². The summed E-state index contributed by atoms with van der Waals surface area (Å²) in [7, 11) is -1.85. The Balaban J connectivity index is 0.000000208. The van der Waals surface area contributed by atoms with Gasteiger partial charge in [0.25, 0.3) is 0 Å². The van der Waals surface area contributed by atoms with Crippen molar-refractivity contribution in [2.45, 2.75) is 54.1 Å². The standard InChI is InChI=1S/C26H19FNO.C16H20NSi.Ir/c1-15-12-16(2)24(17(3)13-15)18-10-11-28-22(14-18)19-8-9-21(27)25-20-6-4-5-7-23(20)29-26(19)25;1-12-6-8-14(9-7-12)15-10-13(2)16(11-17-15)18(3,4)5;/h4-7,9-14H,1-3H3;6-8,10-11H,1-5H3;/q2*-1;/i;1D3,2D3;. The summed E-state index contributed by atoms with van der Waals surface area (Å²) in [6, 6.07) is 29.3. The summed E-state index contributed by atoms with van der Waals surface area (Å²) in [5.41, 5.74) is 10.1. The second-order valence-corrected chi connectivity index (χ2v) is 17.9. The molecule has 7 rings (SSSR count). The summed E-state index contributed by atoms with van der Waals surface area (Å²) >= 11 is 0. The van der Waals surface area contributed by atoms with Crippen LogP contribution in [0.4, 0.5) is 4.39 Å². The maximum atomic E-state index is 14.6. The molecular weight excluding hydrogens is 788 g/mol. The predicted octanol–water partition coefficient (Wildman–Crippen LogP) is 10.9. The van der Waals surface area contributed by atoms with Gasteiger partial charge in [0.2, 0.25) is 0 Å². The van der Waals surface area contributed by atoms with Gasteiger partial charge < -0.3 is 14.4 Å². The topological polar surface area (TPSA) is 38.9 Å². The van der Waals surface area contributed by atoms with E-state index in [1.807, 2.05) is 36.4 Å². The molecule has 6 heteroatoms. The number of pyridine rings is 2. The molecule has 0 saturated heterocycles. The van der Waals surface area contributed by atoms with Crippen LogP contribution in [0.3, 0.4) is 0 Å². The first-order chi connectivity index (χ1) is 24.8. The zero-order valence-corrected chi connectivity index (χ0v) is 31.1. The van der Waals surface area contributed by atoms with Crippen LogP contribution >= 0.6 is 0 Å². The van der Waals surface area contributed by atoms with Crippen LogP contribution < -0.4 is 5.19 Å². The van der Waals surface area contributed by atoms with Crippen molar-refractivity contribution in [2.24, 2.45) is 0 Å². The third-order valence-corrected chi connectivity index (χ3v) is 10.2. The Hall–Kier alpha value is -4.22. The van der Waals surface area contributed by atoms with Crippen LogP contribution in [0.2, 0.25) is 19.6 Å². The number of para-hydroxylation sites is 1. The smallest absolute Gasteiger partial charge is 0.121 e. The molecule has 0 aliphatic rings. The molecule has 0 amide bonds. The second kappa shape index (κ2) is 14.1. The molecule has 0 spiro atoms. The van der Waals surface area contributed by atoms with E-state index in [0.29, 0.717) is 44.6 Å². The molecular formula is C42H39FIrN2OSi-2. The number of halogens is 1. The van der Waals surface area contributed by atoms with Crippen LogP contribution in [0, 0.1) is 52.4 Å². The third-order valence-electron chi connectivity index (χ3n) is 8.19. The molecule has 48 heavy (non-hydrogen) atoms. The Bertz CT molecular complexity index is 2450. The third kappa shape index (κ3) is 7.12. The summed E-state index contributed by atoms with van der Waals surface area (Å²) in [5, 5.41) is 2.05. The maximum Gasteiger partial charge on any atom is 0.121 e. The number of benzene rings is 4. The first-order valence-electron chi connectivity index (χ1n) is 18.4. The Morgan fingerprint density at radius 2 is 1.56 bits per heavy atom. The molecule has 3 heterocycles. The molecule has 3 aromatic heterocycles. The number of nitrogens with zero attached hydrogens (tertiary/aromatic N) is 2. The van der Waals surface area contributed by atoms with Crippen molar-refractivity contribution in [3.8, 4) is 33.6 Å². The number of aryl methyl sites for hydroxylation is 5. The van der Waals surface area contributed by atoms with E-state index in [-0.39, 0.29) is 31.5 Å². The quantitative estimate of drug-likeness (QED) is 0.131. The van der Waals surface area contributed by atoms with Gasteiger partial charge in [-0.3, -0.25) is 4.39 Å². The Labute approximate surface area is 306 Å². The predicted molar refractivity (Wildman–Crippen MR) is 196 cm³/mol. The van der Waals surface area contributed by atoms with Gasteiger partial charge in [0.05, 0.1) is 13.7 Å². The summed E-state index contributed by atoms with van der Waals surface area (Å²) in [6.07, 6.45) is 3.43. The average Bonchev–Trinajstić information content (AvgIpc) is 3.48. The minimum absolute atomic E-state index is 0. The van der Waals surface area contributed by atoms with Crippen molar-refractivity contribution in [3.05, 3.63) is 137 Å². The number of aromatic nitrogens is 2. The first kappa shape index (κ1) is 27.7. The zero-order valence-electron chi connectivity index (χ0n) is 33.7. The van der Waals surface area contributed by atoms with Gasteiger partial charge in [0.1, 0.15) is 5.58 Å². The van der Waals surface area contributed by atoms with E-state index in [1.165, 1.54) is 40.5 Å². The molecule has 245 valence electrons. The Morgan fingerprint density at radius 3 is 2.25 bits per heavy atom. The SMILES string of the molecule is Cc1cc(C)c(-c2ccnc(-c3[c-]cc(F)c4c3oc3ccccc34)c2)c(C)c1.[2H]C([2H])([2H])c1c[c-]c(-c2cc(C([2H])([2H])[2H])c([Si](C)(C)C)cn2)cc1.[Ir]. The van der Waals surface area contributed by atoms with E-state index in [4.69, 9.17) is 12.6 Å². The molecule has 0 fully saturated rings. The minimum Gasteiger partial charge on any atom is -0.500 e. The van der Waals surface area contributed by atoms with Gasteiger partial charge >= 0.3 is 0 Å². The fourth-order valence-electron chi connectivity index (χ4n) is 6.06. The van der Waals surface area contributed by atoms with Crippen LogP contribution in [-0.2, 0) is 20.1 Å². The van der Waals surface area contributed by atoms with Crippen molar-refractivity contribution in [3.63, 3.8) is 0 Å². The number of hydrogen-bond donors (Lipinski definition) is 0. The second-order valence-electron chi connectivity index (χ2n) is 12.9. The number of hydrogen-bond acceptors (Lipinski definition) is 3. The Morgan fingerprint density at radius 1 is 0.792 bits per heavy atom. The van der Waals surface area contributed by atoms with Crippen LogP contribution in [0.5, 0.6) is 0 Å². The molecule has 7 aromatic rings. The summed E-state index contributed by atoms with van der Waals surface area (Å²) in [4.78, 5) is 8.94. The van der Waals surface area contributed by atoms with Gasteiger partial charge in [0, 0.05) is 51.9 Å². The van der Waals surface area contributed by atoms with E-state index in [9.17, 15) is 4.39 Å². The number of fused-ring (bicyclic) bond motifs is 3. The van der Waals surface area contributed by atoms with Crippen molar-refractivity contribution < 1.29 is 37.1 Å². The van der Waals surface area contributed by atoms with Crippen molar-refractivity contribution in [2.75, 3.05) is 0 Å². The molecule has 0 bridgehead atoms. The largest absolute Gasteiger partial charge is 0.500 e. The molecule has 0 aliphatic carbocycles. The number of rotatable bonds is 4. The fraction of sp³-hybridized carbons (Fsp3) is 0.190. The molecule has 0 saturated carbocycles. The molecule has 0 unspecified atom stereocenters. The van der Waals surface area contributed by atoms with Gasteiger partial charge in [-0.2, -0.15) is 0 Å². The normalized spacial score (nSPS) is 13.6. The first-order valence-corrected chi connectivity index (χ1v) is 18.9. The summed E-state index contributed by atoms with van der Waals surface area (Å²) < 4.78 is 66.2. The van der Waals surface area contributed by atoms with Crippen molar-refractivity contribution in [1.29, 1.82) is 0 Å². The summed E-state index contributed by atoms with van der Waals surface area (Å²) in [5.74, 6) is -0.338. The zero-order chi connectivity index (χ0) is 38.5. The molecule has 4 aromatic carbocycles. The molecule has 0 aliphatic heterocycles. The Kier molecular flexibility index (Phi) is 8.13. The maximum absolute atomic E-state index is 14.6. The van der Waals surface area contributed by atoms with E-state index in [2.05, 4.69) is 74.6 Å². The summed E-state index contributed by atoms with van der Waals surface area (Å²) in [6.45, 7) is 8.18. The van der Waals surface area contributed by atoms with E-state index in [1.54, 1.807) is 24.5 Å². The van der Waals surface area contributed by atoms with Crippen LogP contribution in [0.15, 0.2) is 95.7 Å².